The van der Waals surface area contributed by atoms with Crippen molar-refractivity contribution >= 4 is 17.6 Å². The number of nitrogens with two attached hydrogens (primary N) is 1. The highest BCUT2D eigenvalue weighted by atomic mass is 32.2. The number of nitrogens with one attached hydrogen (secondary N) is 1. The van der Waals surface area contributed by atoms with E-state index < -0.39 is 23.3 Å². The van der Waals surface area contributed by atoms with Gasteiger partial charge in [0.05, 0.1) is 10.5 Å². The summed E-state index contributed by atoms with van der Waals surface area (Å²) in [4.78, 5) is 0.269. The molecule has 6 heteroatoms. The SMILES string of the molecule is N=C(N)c1c(F)cccc1Sc1cc(F)ccc1F. The molecule has 3 N–H and O–H groups in total. The molecule has 2 aromatic rings. The Morgan fingerprint density at radius 3 is 2.42 bits per heavy atom. The number of amidine groups is 1. The molecule has 2 nitrogen and oxygen atoms in total. The molecule has 0 saturated carbocycles. The van der Waals surface area contributed by atoms with Gasteiger partial charge in [-0.15, -0.1) is 0 Å². The third kappa shape index (κ3) is 2.90. The fourth-order valence-corrected chi connectivity index (χ4v) is 2.55. The van der Waals surface area contributed by atoms with Gasteiger partial charge in [0.25, 0.3) is 0 Å². The van der Waals surface area contributed by atoms with Crippen LogP contribution in [-0.2, 0) is 0 Å². The van der Waals surface area contributed by atoms with Crippen molar-refractivity contribution in [3.8, 4) is 0 Å². The van der Waals surface area contributed by atoms with Crippen LogP contribution < -0.4 is 5.73 Å². The van der Waals surface area contributed by atoms with E-state index in [1.165, 1.54) is 12.1 Å². The maximum atomic E-state index is 13.6. The van der Waals surface area contributed by atoms with Gasteiger partial charge in [0.15, 0.2) is 0 Å². The van der Waals surface area contributed by atoms with Crippen LogP contribution in [0, 0.1) is 22.9 Å². The van der Waals surface area contributed by atoms with Crippen LogP contribution in [0.4, 0.5) is 13.2 Å². The van der Waals surface area contributed by atoms with Crippen LogP contribution in [0.5, 0.6) is 0 Å². The van der Waals surface area contributed by atoms with Crippen LogP contribution in [0.15, 0.2) is 46.2 Å². The van der Waals surface area contributed by atoms with Crippen molar-refractivity contribution < 1.29 is 13.2 Å². The van der Waals surface area contributed by atoms with Crippen LogP contribution in [-0.4, -0.2) is 5.84 Å². The lowest BCUT2D eigenvalue weighted by atomic mass is 10.2. The first kappa shape index (κ1) is 13.5. The molecule has 2 rings (SSSR count). The van der Waals surface area contributed by atoms with Crippen LogP contribution in [0.1, 0.15) is 5.56 Å². The smallest absolute Gasteiger partial charge is 0.137 e. The zero-order chi connectivity index (χ0) is 14.0. The van der Waals surface area contributed by atoms with E-state index >= 15 is 0 Å². The first-order valence-corrected chi connectivity index (χ1v) is 6.06. The number of rotatable bonds is 3. The molecule has 2 aromatic carbocycles. The number of nitrogen functional groups attached to an aromatic ring is 1. The van der Waals surface area contributed by atoms with E-state index in [9.17, 15) is 13.2 Å². The number of halogens is 3. The number of hydrogen-bond acceptors (Lipinski definition) is 2. The predicted molar refractivity (Wildman–Crippen MR) is 67.9 cm³/mol. The maximum Gasteiger partial charge on any atom is 0.137 e. The van der Waals surface area contributed by atoms with Gasteiger partial charge in [-0.05, 0) is 30.3 Å². The number of benzene rings is 2. The van der Waals surface area contributed by atoms with Gasteiger partial charge in [-0.25, -0.2) is 13.2 Å². The molecule has 0 unspecified atom stereocenters. The molecule has 0 radical (unpaired) electrons. The second-order valence-electron chi connectivity index (χ2n) is 3.70. The Morgan fingerprint density at radius 2 is 1.74 bits per heavy atom. The predicted octanol–water partition coefficient (Wildman–Crippen LogP) is 3.54. The highest BCUT2D eigenvalue weighted by Crippen LogP contribution is 2.33. The van der Waals surface area contributed by atoms with E-state index in [-0.39, 0.29) is 15.4 Å². The molecular formula is C13H9F3N2S. The Balaban J connectivity index is 2.46. The third-order valence-corrected chi connectivity index (χ3v) is 3.45. The van der Waals surface area contributed by atoms with Crippen LogP contribution in [0.2, 0.25) is 0 Å². The van der Waals surface area contributed by atoms with Gasteiger partial charge < -0.3 is 5.73 Å². The Labute approximate surface area is 111 Å². The minimum absolute atomic E-state index is 0.00750. The molecule has 0 atom stereocenters. The monoisotopic (exact) mass is 282 g/mol. The summed E-state index contributed by atoms with van der Waals surface area (Å²) in [6.45, 7) is 0. The average Bonchev–Trinajstić information content (AvgIpc) is 2.33. The highest BCUT2D eigenvalue weighted by molar-refractivity contribution is 7.99. The first-order chi connectivity index (χ1) is 8.99. The second kappa shape index (κ2) is 5.36. The normalized spacial score (nSPS) is 10.5. The van der Waals surface area contributed by atoms with Crippen LogP contribution in [0.3, 0.4) is 0 Å². The fraction of sp³-hybridized carbons (Fsp3) is 0. The lowest BCUT2D eigenvalue weighted by Gasteiger charge is -2.09. The summed E-state index contributed by atoms with van der Waals surface area (Å²) in [6.07, 6.45) is 0. The second-order valence-corrected chi connectivity index (χ2v) is 4.79. The fourth-order valence-electron chi connectivity index (χ4n) is 1.52. The lowest BCUT2D eigenvalue weighted by Crippen LogP contribution is -2.14. The lowest BCUT2D eigenvalue weighted by molar-refractivity contribution is 0.577. The van der Waals surface area contributed by atoms with E-state index in [1.54, 1.807) is 0 Å². The Bertz CT molecular complexity index is 644. The van der Waals surface area contributed by atoms with Gasteiger partial charge in [0, 0.05) is 4.90 Å². The molecule has 0 fully saturated rings. The third-order valence-electron chi connectivity index (χ3n) is 2.36. The van der Waals surface area contributed by atoms with Crippen molar-refractivity contribution in [1.29, 1.82) is 5.41 Å². The minimum Gasteiger partial charge on any atom is -0.384 e. The topological polar surface area (TPSA) is 49.9 Å². The Kier molecular flexibility index (Phi) is 3.80. The summed E-state index contributed by atoms with van der Waals surface area (Å²) in [5.41, 5.74) is 5.18. The highest BCUT2D eigenvalue weighted by Gasteiger charge is 2.14. The van der Waals surface area contributed by atoms with Gasteiger partial charge in [-0.3, -0.25) is 5.41 Å². The van der Waals surface area contributed by atoms with Gasteiger partial charge in [-0.2, -0.15) is 0 Å². The molecule has 19 heavy (non-hydrogen) atoms. The van der Waals surface area contributed by atoms with Crippen molar-refractivity contribution in [2.45, 2.75) is 9.79 Å². The van der Waals surface area contributed by atoms with Crippen molar-refractivity contribution in [3.63, 3.8) is 0 Å². The van der Waals surface area contributed by atoms with Crippen LogP contribution in [0.25, 0.3) is 0 Å². The summed E-state index contributed by atoms with van der Waals surface area (Å²) >= 11 is 0.822. The van der Waals surface area contributed by atoms with Gasteiger partial charge >= 0.3 is 0 Å². The van der Waals surface area contributed by atoms with Crippen molar-refractivity contribution in [2.24, 2.45) is 5.73 Å². The Hall–Kier alpha value is -1.95. The van der Waals surface area contributed by atoms with Crippen molar-refractivity contribution in [3.05, 3.63) is 59.4 Å². The van der Waals surface area contributed by atoms with Crippen molar-refractivity contribution in [1.82, 2.24) is 0 Å². The summed E-state index contributed by atoms with van der Waals surface area (Å²) in [7, 11) is 0. The molecule has 0 aliphatic carbocycles. The molecule has 0 heterocycles. The zero-order valence-electron chi connectivity index (χ0n) is 9.58. The quantitative estimate of drug-likeness (QED) is 0.668. The molecular weight excluding hydrogens is 273 g/mol. The van der Waals surface area contributed by atoms with Crippen LogP contribution >= 0.6 is 11.8 Å². The molecule has 0 spiro atoms. The summed E-state index contributed by atoms with van der Waals surface area (Å²) < 4.78 is 40.2. The minimum atomic E-state index is -0.672. The summed E-state index contributed by atoms with van der Waals surface area (Å²) in [5.74, 6) is -2.35. The van der Waals surface area contributed by atoms with Gasteiger partial charge in [-0.1, -0.05) is 17.8 Å². The first-order valence-electron chi connectivity index (χ1n) is 5.25. The Morgan fingerprint density at radius 1 is 1.00 bits per heavy atom. The molecule has 98 valence electrons. The zero-order valence-corrected chi connectivity index (χ0v) is 10.4. The molecule has 0 aliphatic heterocycles. The van der Waals surface area contributed by atoms with E-state index in [2.05, 4.69) is 0 Å². The molecule has 0 aliphatic rings. The average molecular weight is 282 g/mol. The van der Waals surface area contributed by atoms with Gasteiger partial charge in [0.1, 0.15) is 23.3 Å². The van der Waals surface area contributed by atoms with Gasteiger partial charge in [0.2, 0.25) is 0 Å². The molecule has 0 aromatic heterocycles. The van der Waals surface area contributed by atoms with E-state index in [1.807, 2.05) is 0 Å². The molecule has 0 bridgehead atoms. The molecule has 0 saturated heterocycles. The number of hydrogen-bond donors (Lipinski definition) is 2. The van der Waals surface area contributed by atoms with Crippen molar-refractivity contribution in [2.75, 3.05) is 0 Å². The maximum absolute atomic E-state index is 13.6. The van der Waals surface area contributed by atoms with E-state index in [4.69, 9.17) is 11.1 Å². The standard InChI is InChI=1S/C13H9F3N2S/c14-7-4-5-8(15)11(6-7)19-10-3-1-2-9(16)12(10)13(17)18/h1-6H,(H3,17,18). The van der Waals surface area contributed by atoms with E-state index in [0.29, 0.717) is 0 Å². The summed E-state index contributed by atoms with van der Waals surface area (Å²) in [6, 6.07) is 7.06. The largest absolute Gasteiger partial charge is 0.384 e. The summed E-state index contributed by atoms with van der Waals surface area (Å²) in [5, 5.41) is 7.34. The van der Waals surface area contributed by atoms with E-state index in [0.717, 1.165) is 36.0 Å². The molecule has 0 amide bonds.